The normalized spacial score (nSPS) is 15.6. The second kappa shape index (κ2) is 6.15. The Morgan fingerprint density at radius 3 is 2.24 bits per heavy atom. The third kappa shape index (κ3) is 3.83. The van der Waals surface area contributed by atoms with E-state index in [0.29, 0.717) is 0 Å². The number of benzene rings is 1. The number of carboxylic acids is 1. The van der Waals surface area contributed by atoms with Crippen LogP contribution in [0, 0.1) is 5.92 Å². The van der Waals surface area contributed by atoms with Gasteiger partial charge in [-0.05, 0) is 43.7 Å². The Balaban J connectivity index is 2.09. The first-order valence-corrected chi connectivity index (χ1v) is 8.68. The molecule has 6 heteroatoms. The van der Waals surface area contributed by atoms with Crippen molar-refractivity contribution in [2.24, 2.45) is 5.92 Å². The number of rotatable bonds is 6. The van der Waals surface area contributed by atoms with E-state index < -0.39 is 22.5 Å². The van der Waals surface area contributed by atoms with E-state index in [4.69, 9.17) is 5.11 Å². The number of aliphatic carboxylic acids is 1. The third-order valence-electron chi connectivity index (χ3n) is 3.81. The van der Waals surface area contributed by atoms with Gasteiger partial charge in [-0.2, -0.15) is 4.31 Å². The summed E-state index contributed by atoms with van der Waals surface area (Å²) in [7, 11) is -3.57. The van der Waals surface area contributed by atoms with Gasteiger partial charge in [-0.25, -0.2) is 8.42 Å². The van der Waals surface area contributed by atoms with Crippen LogP contribution < -0.4 is 0 Å². The van der Waals surface area contributed by atoms with Crippen molar-refractivity contribution in [3.05, 3.63) is 35.4 Å². The molecule has 1 aliphatic rings. The van der Waals surface area contributed by atoms with Gasteiger partial charge in [0.05, 0.1) is 5.75 Å². The van der Waals surface area contributed by atoms with E-state index in [0.717, 1.165) is 17.1 Å². The quantitative estimate of drug-likeness (QED) is 0.864. The highest BCUT2D eigenvalue weighted by atomic mass is 32.2. The maximum absolute atomic E-state index is 12.5. The van der Waals surface area contributed by atoms with Crippen LogP contribution in [-0.2, 0) is 27.7 Å². The summed E-state index contributed by atoms with van der Waals surface area (Å²) in [6.45, 7) is 2.92. The number of carboxylic acid groups (broad SMARTS) is 1. The van der Waals surface area contributed by atoms with Crippen LogP contribution in [0.2, 0.25) is 0 Å². The van der Waals surface area contributed by atoms with Gasteiger partial charge < -0.3 is 5.11 Å². The molecule has 0 spiro atoms. The SMILES string of the molecule is CC(C)N(CC(=O)O)S(=O)(=O)CC1Cc2ccccc2C1. The second-order valence-electron chi connectivity index (χ2n) is 5.85. The van der Waals surface area contributed by atoms with Crippen LogP contribution in [0.1, 0.15) is 25.0 Å². The minimum Gasteiger partial charge on any atom is -0.480 e. The van der Waals surface area contributed by atoms with E-state index in [1.54, 1.807) is 13.8 Å². The molecule has 1 aliphatic carbocycles. The fraction of sp³-hybridized carbons (Fsp3) is 0.533. The van der Waals surface area contributed by atoms with Crippen LogP contribution >= 0.6 is 0 Å². The lowest BCUT2D eigenvalue weighted by Gasteiger charge is -2.25. The monoisotopic (exact) mass is 311 g/mol. The molecule has 0 aromatic heterocycles. The molecular formula is C15H21NO4S. The molecule has 0 amide bonds. The summed E-state index contributed by atoms with van der Waals surface area (Å²) < 4.78 is 26.0. The summed E-state index contributed by atoms with van der Waals surface area (Å²) in [5.74, 6) is -1.09. The zero-order chi connectivity index (χ0) is 15.6. The fourth-order valence-electron chi connectivity index (χ4n) is 2.90. The van der Waals surface area contributed by atoms with Crippen molar-refractivity contribution in [2.45, 2.75) is 32.7 Å². The van der Waals surface area contributed by atoms with Crippen molar-refractivity contribution in [2.75, 3.05) is 12.3 Å². The fourth-order valence-corrected chi connectivity index (χ4v) is 4.87. The Bertz CT molecular complexity index is 599. The molecule has 1 N–H and O–H groups in total. The molecule has 0 aliphatic heterocycles. The van der Waals surface area contributed by atoms with Gasteiger partial charge in [-0.1, -0.05) is 24.3 Å². The van der Waals surface area contributed by atoms with Crippen molar-refractivity contribution < 1.29 is 18.3 Å². The zero-order valence-corrected chi connectivity index (χ0v) is 13.1. The smallest absolute Gasteiger partial charge is 0.318 e. The molecule has 2 rings (SSSR count). The molecule has 116 valence electrons. The Labute approximate surface area is 125 Å². The minimum atomic E-state index is -3.57. The van der Waals surface area contributed by atoms with E-state index in [1.165, 1.54) is 11.1 Å². The summed E-state index contributed by atoms with van der Waals surface area (Å²) in [5.41, 5.74) is 2.40. The average Bonchev–Trinajstić information content (AvgIpc) is 2.76. The van der Waals surface area contributed by atoms with Crippen LogP contribution in [-0.4, -0.2) is 42.1 Å². The molecule has 0 unspecified atom stereocenters. The molecule has 0 saturated carbocycles. The van der Waals surface area contributed by atoms with Crippen LogP contribution in [0.15, 0.2) is 24.3 Å². The highest BCUT2D eigenvalue weighted by Crippen LogP contribution is 2.28. The second-order valence-corrected chi connectivity index (χ2v) is 7.82. The van der Waals surface area contributed by atoms with Crippen molar-refractivity contribution in [3.63, 3.8) is 0 Å². The first-order chi connectivity index (χ1) is 9.79. The summed E-state index contributed by atoms with van der Waals surface area (Å²) in [6.07, 6.45) is 1.49. The van der Waals surface area contributed by atoms with Gasteiger partial charge in [0.15, 0.2) is 0 Å². The Morgan fingerprint density at radius 2 is 1.81 bits per heavy atom. The molecule has 1 aromatic rings. The van der Waals surface area contributed by atoms with Gasteiger partial charge >= 0.3 is 5.97 Å². The van der Waals surface area contributed by atoms with E-state index >= 15 is 0 Å². The van der Waals surface area contributed by atoms with Crippen LogP contribution in [0.25, 0.3) is 0 Å². The zero-order valence-electron chi connectivity index (χ0n) is 12.3. The first-order valence-electron chi connectivity index (χ1n) is 7.07. The molecule has 0 saturated heterocycles. The van der Waals surface area contributed by atoms with Gasteiger partial charge in [-0.15, -0.1) is 0 Å². The van der Waals surface area contributed by atoms with Crippen molar-refractivity contribution >= 4 is 16.0 Å². The van der Waals surface area contributed by atoms with Gasteiger partial charge in [0.1, 0.15) is 6.54 Å². The van der Waals surface area contributed by atoms with Crippen LogP contribution in [0.5, 0.6) is 0 Å². The van der Waals surface area contributed by atoms with E-state index in [2.05, 4.69) is 0 Å². The lowest BCUT2D eigenvalue weighted by molar-refractivity contribution is -0.137. The van der Waals surface area contributed by atoms with Crippen molar-refractivity contribution in [1.29, 1.82) is 0 Å². The molecule has 0 radical (unpaired) electrons. The van der Waals surface area contributed by atoms with Crippen LogP contribution in [0.3, 0.4) is 0 Å². The minimum absolute atomic E-state index is 0.00708. The number of hydrogen-bond acceptors (Lipinski definition) is 3. The van der Waals surface area contributed by atoms with Gasteiger partial charge in [0.25, 0.3) is 0 Å². The predicted molar refractivity (Wildman–Crippen MR) is 80.6 cm³/mol. The van der Waals surface area contributed by atoms with E-state index in [9.17, 15) is 13.2 Å². The van der Waals surface area contributed by atoms with Gasteiger partial charge in [-0.3, -0.25) is 4.79 Å². The highest BCUT2D eigenvalue weighted by Gasteiger charge is 2.32. The molecule has 21 heavy (non-hydrogen) atoms. The maximum atomic E-state index is 12.5. The number of nitrogens with zero attached hydrogens (tertiary/aromatic N) is 1. The molecule has 5 nitrogen and oxygen atoms in total. The maximum Gasteiger partial charge on any atom is 0.318 e. The average molecular weight is 311 g/mol. The van der Waals surface area contributed by atoms with Crippen LogP contribution in [0.4, 0.5) is 0 Å². The lowest BCUT2D eigenvalue weighted by atomic mass is 10.1. The van der Waals surface area contributed by atoms with Crippen molar-refractivity contribution in [1.82, 2.24) is 4.31 Å². The lowest BCUT2D eigenvalue weighted by Crippen LogP contribution is -2.43. The molecule has 0 bridgehead atoms. The third-order valence-corrected chi connectivity index (χ3v) is 5.96. The molecule has 0 heterocycles. The molecule has 0 atom stereocenters. The predicted octanol–water partition coefficient (Wildman–Crippen LogP) is 1.53. The summed E-state index contributed by atoms with van der Waals surface area (Å²) in [6, 6.07) is 7.62. The first kappa shape index (κ1) is 16.0. The van der Waals surface area contributed by atoms with Gasteiger partial charge in [0, 0.05) is 6.04 Å². The summed E-state index contributed by atoms with van der Waals surface area (Å²) >= 11 is 0. The van der Waals surface area contributed by atoms with E-state index in [-0.39, 0.29) is 17.7 Å². The molecule has 1 aromatic carbocycles. The van der Waals surface area contributed by atoms with E-state index in [1.807, 2.05) is 24.3 Å². The topological polar surface area (TPSA) is 74.7 Å². The Hall–Kier alpha value is -1.40. The largest absolute Gasteiger partial charge is 0.480 e. The van der Waals surface area contributed by atoms with Gasteiger partial charge in [0.2, 0.25) is 10.0 Å². The molecule has 0 fully saturated rings. The number of fused-ring (bicyclic) bond motifs is 1. The Kier molecular flexibility index (Phi) is 4.68. The molecular weight excluding hydrogens is 290 g/mol. The summed E-state index contributed by atoms with van der Waals surface area (Å²) in [4.78, 5) is 10.9. The highest BCUT2D eigenvalue weighted by molar-refractivity contribution is 7.89. The number of carbonyl (C=O) groups is 1. The van der Waals surface area contributed by atoms with Crippen molar-refractivity contribution in [3.8, 4) is 0 Å². The summed E-state index contributed by atoms with van der Waals surface area (Å²) in [5, 5.41) is 8.89. The Morgan fingerprint density at radius 1 is 1.29 bits per heavy atom. The number of sulfonamides is 1. The standard InChI is InChI=1S/C15H21NO4S/c1-11(2)16(9-15(17)18)21(19,20)10-12-7-13-5-3-4-6-14(13)8-12/h3-6,11-12H,7-10H2,1-2H3,(H,17,18). The number of hydrogen-bond donors (Lipinski definition) is 1.